The second kappa shape index (κ2) is 9.41. The van der Waals surface area contributed by atoms with Crippen LogP contribution >= 0.6 is 11.6 Å². The Bertz CT molecular complexity index is 1360. The quantitative estimate of drug-likeness (QED) is 0.527. The number of morpholine rings is 1. The smallest absolute Gasteiger partial charge is 0.273 e. The summed E-state index contributed by atoms with van der Waals surface area (Å²) in [5.74, 6) is 0. The van der Waals surface area contributed by atoms with E-state index in [1.807, 2.05) is 30.5 Å². The molecule has 2 fully saturated rings. The summed E-state index contributed by atoms with van der Waals surface area (Å²) >= 11 is 6.72. The number of rotatable bonds is 6. The fraction of sp³-hybridized carbons (Fsp3) is 0.357. The van der Waals surface area contributed by atoms with E-state index < -0.39 is 5.41 Å². The summed E-state index contributed by atoms with van der Waals surface area (Å²) in [6, 6.07) is 16.7. The van der Waals surface area contributed by atoms with E-state index in [0.717, 1.165) is 46.3 Å². The van der Waals surface area contributed by atoms with Gasteiger partial charge in [-0.15, -0.1) is 0 Å². The molecular weight excluding hydrogens is 460 g/mol. The van der Waals surface area contributed by atoms with Crippen molar-refractivity contribution >= 4 is 23.0 Å². The molecule has 1 aliphatic heterocycles. The molecule has 1 N–H and O–H groups in total. The van der Waals surface area contributed by atoms with E-state index in [1.165, 1.54) is 0 Å². The third-order valence-corrected chi connectivity index (χ3v) is 7.55. The number of hydrogen-bond acceptors (Lipinski definition) is 5. The van der Waals surface area contributed by atoms with Gasteiger partial charge in [0, 0.05) is 44.1 Å². The van der Waals surface area contributed by atoms with Gasteiger partial charge in [-0.05, 0) is 60.2 Å². The summed E-state index contributed by atoms with van der Waals surface area (Å²) in [4.78, 5) is 15.0. The zero-order chi connectivity index (χ0) is 24.6. The van der Waals surface area contributed by atoms with Gasteiger partial charge in [-0.3, -0.25) is 4.79 Å². The number of nitriles is 1. The molecule has 180 valence electrons. The third kappa shape index (κ3) is 4.54. The minimum absolute atomic E-state index is 0.00269. The monoisotopic (exact) mass is 488 g/mol. The van der Waals surface area contributed by atoms with Crippen LogP contribution in [0.4, 0.5) is 11.4 Å². The number of pyridine rings is 1. The van der Waals surface area contributed by atoms with Crippen LogP contribution in [0.15, 0.2) is 53.5 Å². The minimum atomic E-state index is -0.411. The number of halogens is 1. The second-order valence-electron chi connectivity index (χ2n) is 9.49. The van der Waals surface area contributed by atoms with Crippen LogP contribution in [0.5, 0.6) is 0 Å². The largest absolute Gasteiger partial charge is 0.381 e. The van der Waals surface area contributed by atoms with Crippen molar-refractivity contribution in [3.05, 3.63) is 80.7 Å². The molecule has 1 saturated heterocycles. The summed E-state index contributed by atoms with van der Waals surface area (Å²) in [6.45, 7) is 5.33. The Morgan fingerprint density at radius 1 is 1.17 bits per heavy atom. The molecule has 0 radical (unpaired) electrons. The summed E-state index contributed by atoms with van der Waals surface area (Å²) in [7, 11) is 1.80. The topological polar surface area (TPSA) is 70.3 Å². The average molecular weight is 489 g/mol. The summed E-state index contributed by atoms with van der Waals surface area (Å²) in [5.41, 5.74) is 6.38. The van der Waals surface area contributed by atoms with Gasteiger partial charge in [-0.1, -0.05) is 35.9 Å². The second-order valence-corrected chi connectivity index (χ2v) is 9.86. The first-order valence-corrected chi connectivity index (χ1v) is 12.4. The highest BCUT2D eigenvalue weighted by Crippen LogP contribution is 2.50. The van der Waals surface area contributed by atoms with E-state index >= 15 is 0 Å². The maximum absolute atomic E-state index is 12.9. The SMILES string of the molecule is Cc1ccc(NCc2cccc(C3(C#N)CC3)c2Cl)cc1-c1cc(N2CCOCC2)c(=O)n(C)c1. The molecule has 7 heteroatoms. The van der Waals surface area contributed by atoms with Crippen LogP contribution in [0, 0.1) is 18.3 Å². The molecule has 6 nitrogen and oxygen atoms in total. The van der Waals surface area contributed by atoms with Crippen LogP contribution < -0.4 is 15.8 Å². The van der Waals surface area contributed by atoms with Gasteiger partial charge in [0.1, 0.15) is 5.69 Å². The molecule has 0 atom stereocenters. The molecule has 2 aromatic carbocycles. The maximum Gasteiger partial charge on any atom is 0.273 e. The standard InChI is InChI=1S/C28H29ClN4O2/c1-19-6-7-22(31-16-20-4-3-5-24(26(20)29)28(18-30)8-9-28)15-23(19)21-14-25(27(34)32(2)17-21)33-10-12-35-13-11-33/h3-7,14-15,17,31H,8-13,16H2,1-2H3. The van der Waals surface area contributed by atoms with E-state index in [4.69, 9.17) is 16.3 Å². The minimum Gasteiger partial charge on any atom is -0.381 e. The third-order valence-electron chi connectivity index (χ3n) is 7.11. The van der Waals surface area contributed by atoms with Crippen LogP contribution in [0.25, 0.3) is 11.1 Å². The van der Waals surface area contributed by atoms with Crippen LogP contribution in [0.1, 0.15) is 29.5 Å². The van der Waals surface area contributed by atoms with E-state index in [1.54, 1.807) is 11.6 Å². The molecule has 0 spiro atoms. The Hall–Kier alpha value is -3.27. The fourth-order valence-corrected chi connectivity index (χ4v) is 5.14. The lowest BCUT2D eigenvalue weighted by atomic mass is 9.95. The van der Waals surface area contributed by atoms with Crippen LogP contribution in [-0.2, 0) is 23.7 Å². The number of anilines is 2. The normalized spacial score (nSPS) is 16.6. The lowest BCUT2D eigenvalue weighted by Gasteiger charge is -2.29. The number of aryl methyl sites for hydroxylation is 2. The van der Waals surface area contributed by atoms with Gasteiger partial charge >= 0.3 is 0 Å². The molecule has 1 aromatic heterocycles. The number of nitrogens with one attached hydrogen (secondary N) is 1. The molecule has 0 amide bonds. The number of hydrogen-bond donors (Lipinski definition) is 1. The van der Waals surface area contributed by atoms with Crippen molar-refractivity contribution in [2.45, 2.75) is 31.7 Å². The van der Waals surface area contributed by atoms with Crippen molar-refractivity contribution in [1.29, 1.82) is 5.26 Å². The Balaban J connectivity index is 1.42. The fourth-order valence-electron chi connectivity index (χ4n) is 4.76. The van der Waals surface area contributed by atoms with E-state index in [-0.39, 0.29) is 5.56 Å². The molecular formula is C28H29ClN4O2. The molecule has 1 aliphatic carbocycles. The van der Waals surface area contributed by atoms with Gasteiger partial charge in [0.25, 0.3) is 5.56 Å². The molecule has 0 unspecified atom stereocenters. The number of aromatic nitrogens is 1. The van der Waals surface area contributed by atoms with Crippen molar-refractivity contribution in [3.8, 4) is 17.2 Å². The number of ether oxygens (including phenoxy) is 1. The van der Waals surface area contributed by atoms with E-state index in [0.29, 0.717) is 43.6 Å². The van der Waals surface area contributed by atoms with E-state index in [2.05, 4.69) is 41.4 Å². The molecule has 0 bridgehead atoms. The van der Waals surface area contributed by atoms with Gasteiger partial charge in [0.2, 0.25) is 0 Å². The van der Waals surface area contributed by atoms with E-state index in [9.17, 15) is 10.1 Å². The first-order chi connectivity index (χ1) is 16.9. The van der Waals surface area contributed by atoms with Gasteiger partial charge in [0.15, 0.2) is 0 Å². The highest BCUT2D eigenvalue weighted by atomic mass is 35.5. The Morgan fingerprint density at radius 3 is 2.66 bits per heavy atom. The van der Waals surface area contributed by atoms with Crippen LogP contribution in [0.2, 0.25) is 5.02 Å². The Kier molecular flexibility index (Phi) is 6.31. The first-order valence-electron chi connectivity index (χ1n) is 12.0. The lowest BCUT2D eigenvalue weighted by Crippen LogP contribution is -2.40. The van der Waals surface area contributed by atoms with Gasteiger partial charge < -0.3 is 19.5 Å². The van der Waals surface area contributed by atoms with Gasteiger partial charge in [0.05, 0.1) is 29.7 Å². The van der Waals surface area contributed by atoms with Crippen molar-refractivity contribution in [2.75, 3.05) is 36.5 Å². The number of nitrogens with zero attached hydrogens (tertiary/aromatic N) is 3. The molecule has 3 aromatic rings. The predicted molar refractivity (Wildman–Crippen MR) is 140 cm³/mol. The molecule has 35 heavy (non-hydrogen) atoms. The summed E-state index contributed by atoms with van der Waals surface area (Å²) in [6.07, 6.45) is 3.64. The van der Waals surface area contributed by atoms with Crippen molar-refractivity contribution in [2.24, 2.45) is 7.05 Å². The van der Waals surface area contributed by atoms with Crippen LogP contribution in [-0.4, -0.2) is 30.9 Å². The maximum atomic E-state index is 12.9. The highest BCUT2D eigenvalue weighted by Gasteiger charge is 2.46. The van der Waals surface area contributed by atoms with Crippen molar-refractivity contribution < 1.29 is 4.74 Å². The van der Waals surface area contributed by atoms with Gasteiger partial charge in [-0.25, -0.2) is 0 Å². The number of benzene rings is 2. The molecule has 2 aliphatic rings. The first kappa shape index (κ1) is 23.5. The molecule has 5 rings (SSSR count). The van der Waals surface area contributed by atoms with Crippen LogP contribution in [0.3, 0.4) is 0 Å². The Morgan fingerprint density at radius 2 is 1.94 bits per heavy atom. The van der Waals surface area contributed by atoms with Gasteiger partial charge in [-0.2, -0.15) is 5.26 Å². The molecule has 2 heterocycles. The molecule has 1 saturated carbocycles. The van der Waals surface area contributed by atoms with Crippen molar-refractivity contribution in [3.63, 3.8) is 0 Å². The highest BCUT2D eigenvalue weighted by molar-refractivity contribution is 6.32. The predicted octanol–water partition coefficient (Wildman–Crippen LogP) is 5.02. The lowest BCUT2D eigenvalue weighted by molar-refractivity contribution is 0.122. The summed E-state index contributed by atoms with van der Waals surface area (Å²) < 4.78 is 7.13. The van der Waals surface area contributed by atoms with Crippen molar-refractivity contribution in [1.82, 2.24) is 4.57 Å². The zero-order valence-corrected chi connectivity index (χ0v) is 20.9. The zero-order valence-electron chi connectivity index (χ0n) is 20.1. The average Bonchev–Trinajstić information content (AvgIpc) is 3.67. The Labute approximate surface area is 210 Å². The summed E-state index contributed by atoms with van der Waals surface area (Å²) in [5, 5.41) is 13.8.